The molecule has 0 fully saturated rings. The molecular weight excluding hydrogens is 306 g/mol. The summed E-state index contributed by atoms with van der Waals surface area (Å²) in [7, 11) is 0. The molecule has 0 aliphatic carbocycles. The van der Waals surface area contributed by atoms with Crippen LogP contribution < -0.4 is 10.6 Å². The summed E-state index contributed by atoms with van der Waals surface area (Å²) in [6.07, 6.45) is 0. The number of aryl methyl sites for hydroxylation is 2. The highest BCUT2D eigenvalue weighted by Gasteiger charge is 2.28. The maximum atomic E-state index is 13.5. The number of halogens is 2. The van der Waals surface area contributed by atoms with Gasteiger partial charge in [-0.05, 0) is 39.0 Å². The third-order valence-corrected chi connectivity index (χ3v) is 3.42. The Kier molecular flexibility index (Phi) is 4.70. The van der Waals surface area contributed by atoms with Gasteiger partial charge in [-0.2, -0.15) is 0 Å². The Morgan fingerprint density at radius 3 is 2.43 bits per heavy atom. The average Bonchev–Trinajstić information content (AvgIpc) is 2.81. The number of amides is 2. The number of nitrogens with one attached hydrogen (secondary N) is 2. The standard InChI is InChI=1S/C16H18F2N2O3/c1-9-7-11(10(2)23-9)16(3,22)8-19-15(21)20-14-12(17)5-4-6-13(14)18/h4-7,22H,8H2,1-3H3,(H2,19,20,21)/t16-/m1/s1. The molecular formula is C16H18F2N2O3. The topological polar surface area (TPSA) is 74.5 Å². The summed E-state index contributed by atoms with van der Waals surface area (Å²) in [5.74, 6) is -0.591. The molecule has 2 amide bonds. The zero-order chi connectivity index (χ0) is 17.2. The summed E-state index contributed by atoms with van der Waals surface area (Å²) in [6.45, 7) is 4.79. The lowest BCUT2D eigenvalue weighted by atomic mass is 9.96. The molecule has 2 aromatic rings. The summed E-state index contributed by atoms with van der Waals surface area (Å²) < 4.78 is 32.3. The Labute approximate surface area is 132 Å². The first-order chi connectivity index (χ1) is 10.7. The van der Waals surface area contributed by atoms with E-state index in [1.165, 1.54) is 13.0 Å². The van der Waals surface area contributed by atoms with Crippen LogP contribution >= 0.6 is 0 Å². The molecule has 0 aliphatic rings. The Hall–Kier alpha value is -2.41. The van der Waals surface area contributed by atoms with Crippen LogP contribution in [0.15, 0.2) is 28.7 Å². The largest absolute Gasteiger partial charge is 0.466 e. The van der Waals surface area contributed by atoms with Gasteiger partial charge in [0.1, 0.15) is 34.4 Å². The molecule has 0 saturated heterocycles. The van der Waals surface area contributed by atoms with Gasteiger partial charge in [0.25, 0.3) is 0 Å². The third kappa shape index (κ3) is 3.87. The van der Waals surface area contributed by atoms with Gasteiger partial charge in [0.2, 0.25) is 0 Å². The van der Waals surface area contributed by atoms with Crippen LogP contribution in [0.25, 0.3) is 0 Å². The molecule has 3 N–H and O–H groups in total. The van der Waals surface area contributed by atoms with Crippen molar-refractivity contribution >= 4 is 11.7 Å². The monoisotopic (exact) mass is 324 g/mol. The second-order valence-electron chi connectivity index (χ2n) is 5.51. The Morgan fingerprint density at radius 2 is 1.91 bits per heavy atom. The van der Waals surface area contributed by atoms with Crippen LogP contribution in [0.2, 0.25) is 0 Å². The SMILES string of the molecule is Cc1cc([C@](C)(O)CNC(=O)Nc2c(F)cccc2F)c(C)o1. The molecule has 23 heavy (non-hydrogen) atoms. The summed E-state index contributed by atoms with van der Waals surface area (Å²) in [5, 5.41) is 14.9. The number of carbonyl (C=O) groups is 1. The predicted molar refractivity (Wildman–Crippen MR) is 81.1 cm³/mol. The van der Waals surface area contributed by atoms with E-state index in [9.17, 15) is 18.7 Å². The van der Waals surface area contributed by atoms with Crippen molar-refractivity contribution in [2.24, 2.45) is 0 Å². The first kappa shape index (κ1) is 17.0. The highest BCUT2D eigenvalue weighted by Crippen LogP contribution is 2.26. The second-order valence-corrected chi connectivity index (χ2v) is 5.51. The number of anilines is 1. The van der Waals surface area contributed by atoms with Crippen LogP contribution in [-0.2, 0) is 5.60 Å². The van der Waals surface area contributed by atoms with Crippen LogP contribution in [0.3, 0.4) is 0 Å². The fraction of sp³-hybridized carbons (Fsp3) is 0.312. The molecule has 7 heteroatoms. The molecule has 0 aliphatic heterocycles. The fourth-order valence-corrected chi connectivity index (χ4v) is 2.29. The molecule has 1 aromatic heterocycles. The van der Waals surface area contributed by atoms with E-state index in [0.29, 0.717) is 17.1 Å². The van der Waals surface area contributed by atoms with Gasteiger partial charge in [0.15, 0.2) is 0 Å². The molecule has 0 bridgehead atoms. The minimum Gasteiger partial charge on any atom is -0.466 e. The van der Waals surface area contributed by atoms with Crippen LogP contribution in [0, 0.1) is 25.5 Å². The summed E-state index contributed by atoms with van der Waals surface area (Å²) in [5.41, 5.74) is -1.39. The van der Waals surface area contributed by atoms with E-state index >= 15 is 0 Å². The van der Waals surface area contributed by atoms with Crippen molar-refractivity contribution in [3.8, 4) is 0 Å². The van der Waals surface area contributed by atoms with Crippen LogP contribution in [0.4, 0.5) is 19.3 Å². The molecule has 1 atom stereocenters. The van der Waals surface area contributed by atoms with Gasteiger partial charge in [0.05, 0.1) is 6.54 Å². The number of hydrogen-bond donors (Lipinski definition) is 3. The molecule has 124 valence electrons. The Bertz CT molecular complexity index is 706. The van der Waals surface area contributed by atoms with Crippen molar-refractivity contribution in [1.29, 1.82) is 0 Å². The van der Waals surface area contributed by atoms with Gasteiger partial charge in [-0.25, -0.2) is 13.6 Å². The fourth-order valence-electron chi connectivity index (χ4n) is 2.29. The van der Waals surface area contributed by atoms with E-state index in [1.54, 1.807) is 19.9 Å². The number of para-hydroxylation sites is 1. The third-order valence-electron chi connectivity index (χ3n) is 3.42. The van der Waals surface area contributed by atoms with Crippen molar-refractivity contribution in [1.82, 2.24) is 5.32 Å². The molecule has 1 heterocycles. The molecule has 0 unspecified atom stereocenters. The zero-order valence-corrected chi connectivity index (χ0v) is 13.0. The predicted octanol–water partition coefficient (Wildman–Crippen LogP) is 3.20. The maximum Gasteiger partial charge on any atom is 0.319 e. The van der Waals surface area contributed by atoms with E-state index in [4.69, 9.17) is 4.42 Å². The van der Waals surface area contributed by atoms with E-state index < -0.39 is 29.0 Å². The lowest BCUT2D eigenvalue weighted by Gasteiger charge is -2.23. The highest BCUT2D eigenvalue weighted by atomic mass is 19.1. The van der Waals surface area contributed by atoms with Crippen molar-refractivity contribution < 1.29 is 23.1 Å². The minimum absolute atomic E-state index is 0.158. The molecule has 0 spiro atoms. The van der Waals surface area contributed by atoms with Gasteiger partial charge < -0.3 is 20.2 Å². The van der Waals surface area contributed by atoms with E-state index in [2.05, 4.69) is 10.6 Å². The molecule has 5 nitrogen and oxygen atoms in total. The number of rotatable bonds is 4. The van der Waals surface area contributed by atoms with Crippen molar-refractivity contribution in [2.45, 2.75) is 26.4 Å². The van der Waals surface area contributed by atoms with Gasteiger partial charge >= 0.3 is 6.03 Å². The summed E-state index contributed by atoms with van der Waals surface area (Å²) in [6, 6.07) is 4.11. The van der Waals surface area contributed by atoms with Crippen molar-refractivity contribution in [3.05, 3.63) is 53.0 Å². The minimum atomic E-state index is -1.38. The van der Waals surface area contributed by atoms with Gasteiger partial charge in [-0.3, -0.25) is 0 Å². The lowest BCUT2D eigenvalue weighted by Crippen LogP contribution is -2.41. The molecule has 1 aromatic carbocycles. The Morgan fingerprint density at radius 1 is 1.30 bits per heavy atom. The number of carbonyl (C=O) groups excluding carboxylic acids is 1. The first-order valence-electron chi connectivity index (χ1n) is 6.99. The second kappa shape index (κ2) is 6.37. The van der Waals surface area contributed by atoms with Gasteiger partial charge in [-0.15, -0.1) is 0 Å². The maximum absolute atomic E-state index is 13.5. The molecule has 2 rings (SSSR count). The van der Waals surface area contributed by atoms with Crippen molar-refractivity contribution in [2.75, 3.05) is 11.9 Å². The van der Waals surface area contributed by atoms with Crippen LogP contribution in [0.1, 0.15) is 24.0 Å². The van der Waals surface area contributed by atoms with Crippen LogP contribution in [0.5, 0.6) is 0 Å². The quantitative estimate of drug-likeness (QED) is 0.808. The number of furan rings is 1. The summed E-state index contributed by atoms with van der Waals surface area (Å²) >= 11 is 0. The lowest BCUT2D eigenvalue weighted by molar-refractivity contribution is 0.0584. The van der Waals surface area contributed by atoms with E-state index in [0.717, 1.165) is 12.1 Å². The van der Waals surface area contributed by atoms with E-state index in [1.807, 2.05) is 0 Å². The van der Waals surface area contributed by atoms with E-state index in [-0.39, 0.29) is 6.54 Å². The Balaban J connectivity index is 2.03. The van der Waals surface area contributed by atoms with Crippen molar-refractivity contribution in [3.63, 3.8) is 0 Å². The average molecular weight is 324 g/mol. The summed E-state index contributed by atoms with van der Waals surface area (Å²) in [4.78, 5) is 11.8. The zero-order valence-electron chi connectivity index (χ0n) is 13.0. The van der Waals surface area contributed by atoms with Crippen LogP contribution in [-0.4, -0.2) is 17.7 Å². The highest BCUT2D eigenvalue weighted by molar-refractivity contribution is 5.89. The van der Waals surface area contributed by atoms with Gasteiger partial charge in [0, 0.05) is 5.56 Å². The molecule has 0 radical (unpaired) electrons. The number of hydrogen-bond acceptors (Lipinski definition) is 3. The number of benzene rings is 1. The normalized spacial score (nSPS) is 13.5. The number of aliphatic hydroxyl groups is 1. The molecule has 0 saturated carbocycles. The first-order valence-corrected chi connectivity index (χ1v) is 6.99. The number of urea groups is 1. The van der Waals surface area contributed by atoms with Gasteiger partial charge in [-0.1, -0.05) is 6.07 Å². The smallest absolute Gasteiger partial charge is 0.319 e.